The maximum Gasteiger partial charge on any atom is 0.280 e. The third kappa shape index (κ3) is 4.16. The molecule has 28 heavy (non-hydrogen) atoms. The minimum atomic E-state index is -0.225. The molecule has 1 aliphatic heterocycles. The summed E-state index contributed by atoms with van der Waals surface area (Å²) in [5.74, 6) is 0.757. The van der Waals surface area contributed by atoms with E-state index in [1.54, 1.807) is 56.5 Å². The van der Waals surface area contributed by atoms with Gasteiger partial charge in [-0.15, -0.1) is 0 Å². The molecule has 3 rings (SSSR count). The monoisotopic (exact) mass is 418 g/mol. The first-order chi connectivity index (χ1) is 13.3. The van der Waals surface area contributed by atoms with E-state index in [2.05, 4.69) is 5.10 Å². The van der Waals surface area contributed by atoms with Gasteiger partial charge in [-0.3, -0.25) is 4.79 Å². The van der Waals surface area contributed by atoms with Crippen molar-refractivity contribution >= 4 is 46.6 Å². The van der Waals surface area contributed by atoms with Crippen LogP contribution in [0.1, 0.15) is 26.3 Å². The number of anilines is 1. The second-order valence-electron chi connectivity index (χ2n) is 6.54. The second kappa shape index (κ2) is 8.25. The molecule has 0 N–H and O–H groups in total. The molecule has 0 radical (unpaired) electrons. The molecule has 0 spiro atoms. The van der Waals surface area contributed by atoms with E-state index in [0.717, 1.165) is 0 Å². The number of carbonyl (C=O) groups is 1. The number of ether oxygens (including phenoxy) is 2. The van der Waals surface area contributed by atoms with Gasteiger partial charge in [0.2, 0.25) is 0 Å². The molecule has 1 amide bonds. The average Bonchev–Trinajstić information content (AvgIpc) is 2.92. The first-order valence-corrected chi connectivity index (χ1v) is 9.47. The van der Waals surface area contributed by atoms with Crippen molar-refractivity contribution in [2.75, 3.05) is 12.1 Å². The first-order valence-electron chi connectivity index (χ1n) is 8.71. The zero-order chi connectivity index (χ0) is 20.4. The van der Waals surface area contributed by atoms with Crippen molar-refractivity contribution in [1.82, 2.24) is 0 Å². The molecule has 0 fully saturated rings. The Morgan fingerprint density at radius 1 is 1.14 bits per heavy atom. The van der Waals surface area contributed by atoms with E-state index in [-0.39, 0.29) is 12.0 Å². The summed E-state index contributed by atoms with van der Waals surface area (Å²) in [4.78, 5) is 12.9. The van der Waals surface area contributed by atoms with Crippen LogP contribution in [0.3, 0.4) is 0 Å². The predicted octanol–water partition coefficient (Wildman–Crippen LogP) is 5.60. The Kier molecular flexibility index (Phi) is 5.96. The summed E-state index contributed by atoms with van der Waals surface area (Å²) in [6.45, 7) is 5.61. The Bertz CT molecular complexity index is 966. The normalized spacial score (nSPS) is 15.4. The number of hydrazone groups is 1. The summed E-state index contributed by atoms with van der Waals surface area (Å²) in [7, 11) is 1.55. The Labute approximate surface area is 174 Å². The maximum absolute atomic E-state index is 12.9. The fourth-order valence-electron chi connectivity index (χ4n) is 2.78. The SMILES string of the molecule is COc1cc(C=C2C(=O)N(c3ccc(Cl)cc3)N=C2C)cc(Cl)c1OC(C)C. The summed E-state index contributed by atoms with van der Waals surface area (Å²) in [5.41, 5.74) is 2.45. The van der Waals surface area contributed by atoms with Gasteiger partial charge in [-0.05, 0) is 68.8 Å². The Hall–Kier alpha value is -2.50. The minimum Gasteiger partial charge on any atom is -0.493 e. The standard InChI is InChI=1S/C21H20Cl2N2O3/c1-12(2)28-20-18(23)10-14(11-19(20)27-4)9-17-13(3)24-25(21(17)26)16-7-5-15(22)6-8-16/h5-12H,1-4H3. The summed E-state index contributed by atoms with van der Waals surface area (Å²) < 4.78 is 11.1. The van der Waals surface area contributed by atoms with Crippen LogP contribution in [-0.2, 0) is 4.79 Å². The van der Waals surface area contributed by atoms with E-state index in [4.69, 9.17) is 32.7 Å². The van der Waals surface area contributed by atoms with E-state index in [1.807, 2.05) is 13.8 Å². The number of amides is 1. The lowest BCUT2D eigenvalue weighted by Gasteiger charge is -2.16. The number of nitrogens with zero attached hydrogens (tertiary/aromatic N) is 2. The molecule has 0 unspecified atom stereocenters. The molecule has 0 saturated heterocycles. The topological polar surface area (TPSA) is 51.1 Å². The van der Waals surface area contributed by atoms with E-state index in [9.17, 15) is 4.79 Å². The van der Waals surface area contributed by atoms with Crippen molar-refractivity contribution in [2.45, 2.75) is 26.9 Å². The lowest BCUT2D eigenvalue weighted by atomic mass is 10.1. The number of benzene rings is 2. The quantitative estimate of drug-likeness (QED) is 0.594. The number of hydrogen-bond acceptors (Lipinski definition) is 4. The van der Waals surface area contributed by atoms with Crippen LogP contribution in [-0.4, -0.2) is 24.8 Å². The number of hydrogen-bond donors (Lipinski definition) is 0. The molecule has 1 aliphatic rings. The van der Waals surface area contributed by atoms with Crippen LogP contribution in [0.4, 0.5) is 5.69 Å². The summed E-state index contributed by atoms with van der Waals surface area (Å²) >= 11 is 12.3. The smallest absolute Gasteiger partial charge is 0.280 e. The van der Waals surface area contributed by atoms with Crippen molar-refractivity contribution in [2.24, 2.45) is 5.10 Å². The van der Waals surface area contributed by atoms with Crippen molar-refractivity contribution < 1.29 is 14.3 Å². The molecule has 0 atom stereocenters. The Balaban J connectivity index is 1.95. The number of methoxy groups -OCH3 is 1. The minimum absolute atomic E-state index is 0.0469. The summed E-state index contributed by atoms with van der Waals surface area (Å²) in [6, 6.07) is 10.4. The highest BCUT2D eigenvalue weighted by Gasteiger charge is 2.29. The summed E-state index contributed by atoms with van der Waals surface area (Å²) in [5, 5.41) is 6.73. The third-order valence-corrected chi connectivity index (χ3v) is 4.58. The van der Waals surface area contributed by atoms with E-state index in [1.165, 1.54) is 5.01 Å². The first kappa shape index (κ1) is 20.2. The predicted molar refractivity (Wildman–Crippen MR) is 114 cm³/mol. The fraction of sp³-hybridized carbons (Fsp3) is 0.238. The van der Waals surface area contributed by atoms with Gasteiger partial charge in [0, 0.05) is 5.02 Å². The molecule has 2 aromatic rings. The highest BCUT2D eigenvalue weighted by molar-refractivity contribution is 6.34. The molecule has 0 bridgehead atoms. The highest BCUT2D eigenvalue weighted by Crippen LogP contribution is 2.38. The molecular formula is C21H20Cl2N2O3. The van der Waals surface area contributed by atoms with Crippen LogP contribution in [0.15, 0.2) is 47.1 Å². The van der Waals surface area contributed by atoms with Gasteiger partial charge in [-0.2, -0.15) is 10.1 Å². The van der Waals surface area contributed by atoms with Gasteiger partial charge in [0.25, 0.3) is 5.91 Å². The van der Waals surface area contributed by atoms with E-state index in [0.29, 0.717) is 44.1 Å². The molecular weight excluding hydrogens is 399 g/mol. The van der Waals surface area contributed by atoms with Crippen molar-refractivity contribution in [3.05, 3.63) is 57.6 Å². The van der Waals surface area contributed by atoms with Crippen LogP contribution in [0, 0.1) is 0 Å². The van der Waals surface area contributed by atoms with E-state index < -0.39 is 0 Å². The number of carbonyl (C=O) groups excluding carboxylic acids is 1. The van der Waals surface area contributed by atoms with Crippen molar-refractivity contribution in [3.8, 4) is 11.5 Å². The molecule has 5 nitrogen and oxygen atoms in total. The summed E-state index contributed by atoms with van der Waals surface area (Å²) in [6.07, 6.45) is 1.69. The molecule has 146 valence electrons. The number of halogens is 2. The van der Waals surface area contributed by atoms with Gasteiger partial charge < -0.3 is 9.47 Å². The maximum atomic E-state index is 12.9. The van der Waals surface area contributed by atoms with Crippen LogP contribution >= 0.6 is 23.2 Å². The van der Waals surface area contributed by atoms with Crippen molar-refractivity contribution in [1.29, 1.82) is 0 Å². The zero-order valence-electron chi connectivity index (χ0n) is 16.0. The highest BCUT2D eigenvalue weighted by atomic mass is 35.5. The second-order valence-corrected chi connectivity index (χ2v) is 7.38. The molecule has 0 aromatic heterocycles. The van der Waals surface area contributed by atoms with Gasteiger partial charge in [0.15, 0.2) is 11.5 Å². The average molecular weight is 419 g/mol. The van der Waals surface area contributed by atoms with Crippen LogP contribution in [0.5, 0.6) is 11.5 Å². The van der Waals surface area contributed by atoms with Gasteiger partial charge in [-0.1, -0.05) is 23.2 Å². The zero-order valence-corrected chi connectivity index (χ0v) is 17.5. The van der Waals surface area contributed by atoms with E-state index >= 15 is 0 Å². The van der Waals surface area contributed by atoms with Crippen LogP contribution < -0.4 is 14.5 Å². The Morgan fingerprint density at radius 3 is 2.43 bits per heavy atom. The largest absolute Gasteiger partial charge is 0.493 e. The number of rotatable bonds is 5. The van der Waals surface area contributed by atoms with Gasteiger partial charge in [0.05, 0.1) is 35.2 Å². The van der Waals surface area contributed by atoms with Gasteiger partial charge in [-0.25, -0.2) is 0 Å². The molecule has 2 aromatic carbocycles. The fourth-order valence-corrected chi connectivity index (χ4v) is 3.17. The van der Waals surface area contributed by atoms with Gasteiger partial charge >= 0.3 is 0 Å². The molecule has 1 heterocycles. The molecule has 0 saturated carbocycles. The molecule has 0 aliphatic carbocycles. The Morgan fingerprint density at radius 2 is 1.82 bits per heavy atom. The van der Waals surface area contributed by atoms with Crippen LogP contribution in [0.25, 0.3) is 6.08 Å². The van der Waals surface area contributed by atoms with Crippen molar-refractivity contribution in [3.63, 3.8) is 0 Å². The lowest BCUT2D eigenvalue weighted by Crippen LogP contribution is -2.21. The molecule has 7 heteroatoms. The third-order valence-electron chi connectivity index (χ3n) is 4.05. The van der Waals surface area contributed by atoms with Gasteiger partial charge in [0.1, 0.15) is 0 Å². The van der Waals surface area contributed by atoms with Crippen LogP contribution in [0.2, 0.25) is 10.0 Å². The lowest BCUT2D eigenvalue weighted by molar-refractivity contribution is -0.114.